The number of halogens is 1. The van der Waals surface area contributed by atoms with Crippen LogP contribution in [0.1, 0.15) is 13.8 Å². The first-order valence-electron chi connectivity index (χ1n) is 5.70. The number of hydrogen-bond acceptors (Lipinski definition) is 5. The van der Waals surface area contributed by atoms with Gasteiger partial charge in [-0.05, 0) is 13.8 Å². The average Bonchev–Trinajstić information content (AvgIpc) is 2.37. The molecule has 0 saturated heterocycles. The molecule has 1 aromatic rings. The Morgan fingerprint density at radius 3 is 2.67 bits per heavy atom. The van der Waals surface area contributed by atoms with E-state index in [4.69, 9.17) is 16.3 Å². The molecular weight excluding hydrogens is 256 g/mol. The molecule has 1 N–H and O–H groups in total. The summed E-state index contributed by atoms with van der Waals surface area (Å²) in [5, 5.41) is 3.12. The second-order valence-electron chi connectivity index (χ2n) is 3.47. The number of amides is 1. The van der Waals surface area contributed by atoms with Crippen LogP contribution in [0, 0.1) is 0 Å². The third-order valence-electron chi connectivity index (χ3n) is 2.49. The monoisotopic (exact) mass is 272 g/mol. The molecule has 1 heterocycles. The number of carbonyl (C=O) groups excluding carboxylic acids is 1. The van der Waals surface area contributed by atoms with E-state index in [-0.39, 0.29) is 17.6 Å². The number of methoxy groups -OCH3 is 1. The van der Waals surface area contributed by atoms with Gasteiger partial charge in [0.2, 0.25) is 5.91 Å². The Balaban J connectivity index is 2.69. The summed E-state index contributed by atoms with van der Waals surface area (Å²) in [6, 6.07) is 0. The number of hydrogen-bond donors (Lipinski definition) is 1. The van der Waals surface area contributed by atoms with Crippen LogP contribution >= 0.6 is 11.6 Å². The Morgan fingerprint density at radius 2 is 2.11 bits per heavy atom. The van der Waals surface area contributed by atoms with Crippen LogP contribution in [0.2, 0.25) is 5.15 Å². The van der Waals surface area contributed by atoms with Crippen molar-refractivity contribution in [2.45, 2.75) is 13.8 Å². The number of likely N-dealkylation sites (N-methyl/N-ethyl adjacent to an activating group) is 1. The minimum Gasteiger partial charge on any atom is -0.490 e. The molecule has 0 saturated carbocycles. The van der Waals surface area contributed by atoms with E-state index in [0.29, 0.717) is 24.7 Å². The highest BCUT2D eigenvalue weighted by atomic mass is 35.5. The van der Waals surface area contributed by atoms with Gasteiger partial charge in [-0.15, -0.1) is 0 Å². The lowest BCUT2D eigenvalue weighted by atomic mass is 10.4. The number of nitrogens with zero attached hydrogens (tertiary/aromatic N) is 3. The maximum Gasteiger partial charge on any atom is 0.241 e. The van der Waals surface area contributed by atoms with Crippen LogP contribution in [0.3, 0.4) is 0 Å². The van der Waals surface area contributed by atoms with E-state index >= 15 is 0 Å². The molecule has 0 aliphatic rings. The van der Waals surface area contributed by atoms with E-state index in [2.05, 4.69) is 15.3 Å². The zero-order valence-corrected chi connectivity index (χ0v) is 11.5. The molecule has 1 rings (SSSR count). The molecule has 0 aliphatic heterocycles. The van der Waals surface area contributed by atoms with Gasteiger partial charge in [-0.2, -0.15) is 0 Å². The highest BCUT2D eigenvalue weighted by molar-refractivity contribution is 6.31. The number of carbonyl (C=O) groups is 1. The highest BCUT2D eigenvalue weighted by Gasteiger charge is 2.13. The van der Waals surface area contributed by atoms with E-state index in [1.54, 1.807) is 4.90 Å². The minimum atomic E-state index is -0.00297. The quantitative estimate of drug-likeness (QED) is 0.794. The van der Waals surface area contributed by atoms with Crippen molar-refractivity contribution in [3.8, 4) is 5.75 Å². The lowest BCUT2D eigenvalue weighted by Gasteiger charge is -2.19. The lowest BCUT2D eigenvalue weighted by Crippen LogP contribution is -2.35. The van der Waals surface area contributed by atoms with Crippen LogP contribution in [0.4, 0.5) is 5.82 Å². The maximum absolute atomic E-state index is 11.8. The number of ether oxygens (including phenoxy) is 1. The van der Waals surface area contributed by atoms with Crippen LogP contribution in [-0.2, 0) is 4.79 Å². The molecule has 7 heteroatoms. The molecule has 1 aromatic heterocycles. The Kier molecular flexibility index (Phi) is 5.64. The van der Waals surface area contributed by atoms with Crippen molar-refractivity contribution in [3.63, 3.8) is 0 Å². The first kappa shape index (κ1) is 14.5. The van der Waals surface area contributed by atoms with Crippen LogP contribution < -0.4 is 10.1 Å². The first-order chi connectivity index (χ1) is 8.63. The zero-order valence-electron chi connectivity index (χ0n) is 10.7. The molecule has 0 atom stereocenters. The second-order valence-corrected chi connectivity index (χ2v) is 3.82. The molecule has 100 valence electrons. The van der Waals surface area contributed by atoms with Crippen molar-refractivity contribution in [2.24, 2.45) is 0 Å². The molecule has 0 fully saturated rings. The van der Waals surface area contributed by atoms with Gasteiger partial charge in [-0.25, -0.2) is 9.97 Å². The summed E-state index contributed by atoms with van der Waals surface area (Å²) in [6.45, 7) is 5.37. The third kappa shape index (κ3) is 3.46. The Labute approximate surface area is 111 Å². The van der Waals surface area contributed by atoms with Gasteiger partial charge in [0.05, 0.1) is 13.7 Å². The van der Waals surface area contributed by atoms with Gasteiger partial charge in [0.1, 0.15) is 6.33 Å². The van der Waals surface area contributed by atoms with Crippen LogP contribution in [0.25, 0.3) is 0 Å². The summed E-state index contributed by atoms with van der Waals surface area (Å²) in [4.78, 5) is 21.3. The smallest absolute Gasteiger partial charge is 0.241 e. The van der Waals surface area contributed by atoms with Crippen LogP contribution in [-0.4, -0.2) is 47.5 Å². The summed E-state index contributed by atoms with van der Waals surface area (Å²) in [7, 11) is 1.47. The van der Waals surface area contributed by atoms with Crippen molar-refractivity contribution >= 4 is 23.3 Å². The number of aromatic nitrogens is 2. The van der Waals surface area contributed by atoms with Crippen molar-refractivity contribution in [1.29, 1.82) is 0 Å². The van der Waals surface area contributed by atoms with Crippen molar-refractivity contribution in [1.82, 2.24) is 14.9 Å². The standard InChI is InChI=1S/C11H17ClN4O2/c1-4-16(5-2)8(17)6-13-11-9(18-3)10(12)14-7-15-11/h7H,4-6H2,1-3H3,(H,13,14,15). The fourth-order valence-corrected chi connectivity index (χ4v) is 1.72. The maximum atomic E-state index is 11.8. The number of anilines is 1. The molecule has 0 spiro atoms. The van der Waals surface area contributed by atoms with Gasteiger partial charge in [-0.3, -0.25) is 4.79 Å². The second kappa shape index (κ2) is 7.00. The number of nitrogens with one attached hydrogen (secondary N) is 1. The average molecular weight is 273 g/mol. The molecule has 0 radical (unpaired) electrons. The van der Waals surface area contributed by atoms with Crippen molar-refractivity contribution in [2.75, 3.05) is 32.1 Å². The van der Waals surface area contributed by atoms with Gasteiger partial charge in [-0.1, -0.05) is 11.6 Å². The molecular formula is C11H17ClN4O2. The van der Waals surface area contributed by atoms with Gasteiger partial charge in [0, 0.05) is 13.1 Å². The van der Waals surface area contributed by atoms with Crippen LogP contribution in [0.15, 0.2) is 6.33 Å². The van der Waals surface area contributed by atoms with Gasteiger partial charge < -0.3 is 15.0 Å². The Hall–Kier alpha value is -1.56. The molecule has 0 bridgehead atoms. The normalized spacial score (nSPS) is 10.0. The van der Waals surface area contributed by atoms with Gasteiger partial charge in [0.15, 0.2) is 16.7 Å². The van der Waals surface area contributed by atoms with Gasteiger partial charge >= 0.3 is 0 Å². The molecule has 0 unspecified atom stereocenters. The van der Waals surface area contributed by atoms with E-state index in [9.17, 15) is 4.79 Å². The highest BCUT2D eigenvalue weighted by Crippen LogP contribution is 2.27. The lowest BCUT2D eigenvalue weighted by molar-refractivity contribution is -0.128. The summed E-state index contributed by atoms with van der Waals surface area (Å²) < 4.78 is 5.08. The summed E-state index contributed by atoms with van der Waals surface area (Å²) in [5.41, 5.74) is 0. The largest absolute Gasteiger partial charge is 0.490 e. The SMILES string of the molecule is CCN(CC)C(=O)CNc1ncnc(Cl)c1OC. The first-order valence-corrected chi connectivity index (χ1v) is 6.07. The zero-order chi connectivity index (χ0) is 13.5. The fraction of sp³-hybridized carbons (Fsp3) is 0.545. The summed E-state index contributed by atoms with van der Waals surface area (Å²) >= 11 is 5.85. The molecule has 1 amide bonds. The molecule has 18 heavy (non-hydrogen) atoms. The Bertz CT molecular complexity index is 410. The van der Waals surface area contributed by atoms with E-state index < -0.39 is 0 Å². The minimum absolute atomic E-state index is 0.00297. The summed E-state index contributed by atoms with van der Waals surface area (Å²) in [5.74, 6) is 0.751. The van der Waals surface area contributed by atoms with Gasteiger partial charge in [0.25, 0.3) is 0 Å². The molecule has 0 aliphatic carbocycles. The number of rotatable bonds is 6. The van der Waals surface area contributed by atoms with Crippen molar-refractivity contribution in [3.05, 3.63) is 11.5 Å². The van der Waals surface area contributed by atoms with Crippen molar-refractivity contribution < 1.29 is 9.53 Å². The summed E-state index contributed by atoms with van der Waals surface area (Å²) in [6.07, 6.45) is 1.31. The molecule has 6 nitrogen and oxygen atoms in total. The fourth-order valence-electron chi connectivity index (χ4n) is 1.51. The predicted octanol–water partition coefficient (Wildman–Crippen LogP) is 1.42. The topological polar surface area (TPSA) is 67.4 Å². The van der Waals surface area contributed by atoms with E-state index in [0.717, 1.165) is 0 Å². The Morgan fingerprint density at radius 1 is 1.44 bits per heavy atom. The van der Waals surface area contributed by atoms with E-state index in [1.165, 1.54) is 13.4 Å². The van der Waals surface area contributed by atoms with E-state index in [1.807, 2.05) is 13.8 Å². The molecule has 0 aromatic carbocycles. The third-order valence-corrected chi connectivity index (χ3v) is 2.76. The van der Waals surface area contributed by atoms with Crippen LogP contribution in [0.5, 0.6) is 5.75 Å². The predicted molar refractivity (Wildman–Crippen MR) is 70.0 cm³/mol.